The minimum atomic E-state index is -0.718. The van der Waals surface area contributed by atoms with Gasteiger partial charge in [-0.3, -0.25) is 14.5 Å². The van der Waals surface area contributed by atoms with E-state index in [4.69, 9.17) is 5.73 Å². The van der Waals surface area contributed by atoms with Crippen LogP contribution in [0.2, 0.25) is 0 Å². The Kier molecular flexibility index (Phi) is 3.35. The summed E-state index contributed by atoms with van der Waals surface area (Å²) in [5.74, 6) is -1.24. The number of thiophene rings is 1. The zero-order valence-corrected chi connectivity index (χ0v) is 13.3. The highest BCUT2D eigenvalue weighted by Gasteiger charge is 2.38. The molecule has 0 fully saturated rings. The van der Waals surface area contributed by atoms with Crippen molar-refractivity contribution in [2.24, 2.45) is 5.73 Å². The van der Waals surface area contributed by atoms with Crippen molar-refractivity contribution in [3.05, 3.63) is 64.8 Å². The lowest BCUT2D eigenvalue weighted by Crippen LogP contribution is -2.45. The number of nitrogens with zero attached hydrogens (tertiary/aromatic N) is 1. The van der Waals surface area contributed by atoms with Crippen molar-refractivity contribution < 1.29 is 14.0 Å². The molecular weight excluding hydrogens is 327 g/mol. The molecule has 0 spiro atoms. The van der Waals surface area contributed by atoms with Crippen LogP contribution in [0.3, 0.4) is 0 Å². The van der Waals surface area contributed by atoms with Crippen molar-refractivity contribution in [1.82, 2.24) is 0 Å². The van der Waals surface area contributed by atoms with Crippen LogP contribution in [0.1, 0.15) is 15.2 Å². The lowest BCUT2D eigenvalue weighted by Gasteiger charge is -2.22. The first kappa shape index (κ1) is 14.8. The maximum Gasteiger partial charge on any atom is 0.269 e. The highest BCUT2D eigenvalue weighted by molar-refractivity contribution is 7.20. The summed E-state index contributed by atoms with van der Waals surface area (Å²) in [4.78, 5) is 26.6. The summed E-state index contributed by atoms with van der Waals surface area (Å²) in [6.45, 7) is 0. The fraction of sp³-hybridized carbons (Fsp3) is 0.111. The number of anilines is 1. The quantitative estimate of drug-likeness (QED) is 0.779. The molecule has 1 aromatic heterocycles. The molecule has 2 aromatic carbocycles. The van der Waals surface area contributed by atoms with Crippen molar-refractivity contribution in [3.63, 3.8) is 0 Å². The minimum absolute atomic E-state index is 0.329. The van der Waals surface area contributed by atoms with Gasteiger partial charge < -0.3 is 5.73 Å². The van der Waals surface area contributed by atoms with Gasteiger partial charge in [-0.15, -0.1) is 11.3 Å². The highest BCUT2D eigenvalue weighted by Crippen LogP contribution is 2.36. The Morgan fingerprint density at radius 3 is 2.71 bits per heavy atom. The molecule has 6 heteroatoms. The number of amides is 2. The number of primary amides is 1. The van der Waals surface area contributed by atoms with E-state index < -0.39 is 11.9 Å². The lowest BCUT2D eigenvalue weighted by atomic mass is 10.1. The van der Waals surface area contributed by atoms with Crippen LogP contribution in [0.15, 0.2) is 48.5 Å². The van der Waals surface area contributed by atoms with Crippen LogP contribution < -0.4 is 10.6 Å². The summed E-state index contributed by atoms with van der Waals surface area (Å²) in [7, 11) is 0. The van der Waals surface area contributed by atoms with Crippen molar-refractivity contribution in [2.45, 2.75) is 12.5 Å². The maximum atomic E-state index is 13.9. The number of hydrogen-bond donors (Lipinski definition) is 1. The monoisotopic (exact) mass is 340 g/mol. The normalized spacial score (nSPS) is 16.4. The molecule has 2 amide bonds. The van der Waals surface area contributed by atoms with Crippen molar-refractivity contribution in [2.75, 3.05) is 4.90 Å². The van der Waals surface area contributed by atoms with E-state index in [0.29, 0.717) is 27.1 Å². The Labute approximate surface area is 141 Å². The van der Waals surface area contributed by atoms with Gasteiger partial charge in [0.2, 0.25) is 5.91 Å². The summed E-state index contributed by atoms with van der Waals surface area (Å²) in [5.41, 5.74) is 7.08. The Morgan fingerprint density at radius 1 is 1.17 bits per heavy atom. The van der Waals surface area contributed by atoms with E-state index in [1.165, 1.54) is 28.4 Å². The molecule has 0 saturated carbocycles. The van der Waals surface area contributed by atoms with E-state index in [0.717, 1.165) is 5.56 Å². The third-order valence-electron chi connectivity index (χ3n) is 4.24. The van der Waals surface area contributed by atoms with Gasteiger partial charge in [0.05, 0.1) is 4.88 Å². The standard InChI is InChI=1S/C18H13FN2O2S/c19-12-5-3-7-15-11(12)9-16(24-15)18(23)21-13-6-2-1-4-10(13)8-14(21)17(20)22/h1-7,9,14H,8H2,(H2,20,22)/t14-/m0/s1. The van der Waals surface area contributed by atoms with Crippen LogP contribution >= 0.6 is 11.3 Å². The lowest BCUT2D eigenvalue weighted by molar-refractivity contribution is -0.119. The van der Waals surface area contributed by atoms with Gasteiger partial charge in [-0.05, 0) is 29.8 Å². The second-order valence-electron chi connectivity index (χ2n) is 5.69. The average molecular weight is 340 g/mol. The molecule has 0 aliphatic carbocycles. The first-order chi connectivity index (χ1) is 11.6. The molecule has 0 unspecified atom stereocenters. The SMILES string of the molecule is NC(=O)[C@@H]1Cc2ccccc2N1C(=O)c1cc2c(F)cccc2s1. The fourth-order valence-corrected chi connectivity index (χ4v) is 4.13. The van der Waals surface area contributed by atoms with E-state index in [9.17, 15) is 14.0 Å². The van der Waals surface area contributed by atoms with Crippen LogP contribution in [0, 0.1) is 5.82 Å². The third kappa shape index (κ3) is 2.18. The first-order valence-corrected chi connectivity index (χ1v) is 8.27. The smallest absolute Gasteiger partial charge is 0.269 e. The molecule has 2 N–H and O–H groups in total. The highest BCUT2D eigenvalue weighted by atomic mass is 32.1. The Hall–Kier alpha value is -2.73. The van der Waals surface area contributed by atoms with Crippen LogP contribution in [0.5, 0.6) is 0 Å². The van der Waals surface area contributed by atoms with Crippen molar-refractivity contribution in [1.29, 1.82) is 0 Å². The molecule has 1 aliphatic rings. The molecule has 4 rings (SSSR count). The number of carbonyl (C=O) groups is 2. The van der Waals surface area contributed by atoms with Gasteiger partial charge in [0.25, 0.3) is 5.91 Å². The molecule has 4 nitrogen and oxygen atoms in total. The van der Waals surface area contributed by atoms with E-state index >= 15 is 0 Å². The van der Waals surface area contributed by atoms with Gasteiger partial charge in [-0.1, -0.05) is 24.3 Å². The van der Waals surface area contributed by atoms with Crippen LogP contribution in [0.25, 0.3) is 10.1 Å². The van der Waals surface area contributed by atoms with Gasteiger partial charge >= 0.3 is 0 Å². The average Bonchev–Trinajstić information content (AvgIpc) is 3.16. The minimum Gasteiger partial charge on any atom is -0.368 e. The summed E-state index contributed by atoms with van der Waals surface area (Å²) >= 11 is 1.21. The number of benzene rings is 2. The molecule has 24 heavy (non-hydrogen) atoms. The van der Waals surface area contributed by atoms with Gasteiger partial charge in [0.15, 0.2) is 0 Å². The predicted molar refractivity (Wildman–Crippen MR) is 91.7 cm³/mol. The molecule has 0 saturated heterocycles. The maximum absolute atomic E-state index is 13.9. The Balaban J connectivity index is 1.81. The molecule has 0 bridgehead atoms. The fourth-order valence-electron chi connectivity index (χ4n) is 3.11. The Morgan fingerprint density at radius 2 is 1.96 bits per heavy atom. The number of rotatable bonds is 2. The van der Waals surface area contributed by atoms with Crippen molar-refractivity contribution >= 4 is 38.9 Å². The van der Waals surface area contributed by atoms with Gasteiger partial charge in [0.1, 0.15) is 11.9 Å². The van der Waals surface area contributed by atoms with Gasteiger partial charge in [-0.2, -0.15) is 0 Å². The number of hydrogen-bond acceptors (Lipinski definition) is 3. The molecule has 0 radical (unpaired) electrons. The molecule has 1 atom stereocenters. The van der Waals surface area contributed by atoms with Crippen LogP contribution in [-0.4, -0.2) is 17.9 Å². The predicted octanol–water partition coefficient (Wildman–Crippen LogP) is 3.10. The van der Waals surface area contributed by atoms with Crippen LogP contribution in [-0.2, 0) is 11.2 Å². The van der Waals surface area contributed by atoms with E-state index in [2.05, 4.69) is 0 Å². The van der Waals surface area contributed by atoms with E-state index in [-0.39, 0.29) is 11.7 Å². The second-order valence-corrected chi connectivity index (χ2v) is 6.77. The summed E-state index contributed by atoms with van der Waals surface area (Å²) in [6.07, 6.45) is 0.399. The summed E-state index contributed by atoms with van der Waals surface area (Å²) in [6, 6.07) is 12.9. The molecular formula is C18H13FN2O2S. The Bertz CT molecular complexity index is 982. The largest absolute Gasteiger partial charge is 0.368 e. The second kappa shape index (κ2) is 5.42. The van der Waals surface area contributed by atoms with Crippen molar-refractivity contribution in [3.8, 4) is 0 Å². The van der Waals surface area contributed by atoms with Gasteiger partial charge in [-0.25, -0.2) is 4.39 Å². The van der Waals surface area contributed by atoms with Crippen LogP contribution in [0.4, 0.5) is 10.1 Å². The third-order valence-corrected chi connectivity index (χ3v) is 5.33. The van der Waals surface area contributed by atoms with E-state index in [1.54, 1.807) is 18.2 Å². The zero-order valence-electron chi connectivity index (χ0n) is 12.5. The molecule has 120 valence electrons. The first-order valence-electron chi connectivity index (χ1n) is 7.45. The number of halogens is 1. The number of fused-ring (bicyclic) bond motifs is 2. The number of para-hydroxylation sites is 1. The molecule has 1 aliphatic heterocycles. The molecule has 3 aromatic rings. The zero-order chi connectivity index (χ0) is 16.8. The molecule has 2 heterocycles. The van der Waals surface area contributed by atoms with E-state index in [1.807, 2.05) is 18.2 Å². The number of nitrogens with two attached hydrogens (primary N) is 1. The topological polar surface area (TPSA) is 63.4 Å². The number of carbonyl (C=O) groups excluding carboxylic acids is 2. The summed E-state index contributed by atoms with van der Waals surface area (Å²) < 4.78 is 14.6. The summed E-state index contributed by atoms with van der Waals surface area (Å²) in [5, 5.41) is 0.411. The van der Waals surface area contributed by atoms with Gasteiger partial charge in [0, 0.05) is 22.2 Å².